The Morgan fingerprint density at radius 1 is 1.00 bits per heavy atom. The Kier molecular flexibility index (Phi) is 6.90. The molecule has 0 spiro atoms. The monoisotopic (exact) mass is 384 g/mol. The molecule has 12 nitrogen and oxygen atoms in total. The van der Waals surface area contributed by atoms with E-state index in [1.54, 1.807) is 0 Å². The predicted molar refractivity (Wildman–Crippen MR) is 78.2 cm³/mol. The van der Waals surface area contributed by atoms with Crippen LogP contribution in [-0.2, 0) is 23.7 Å². The number of hydrogen-bond acceptors (Lipinski definition) is 12. The number of hydrogen-bond donors (Lipinski definition) is 7. The SMILES string of the molecule is CC(=O)O[C@@H]1[C@@H](CO)OC(CO)(OC2O[C@H](CO)[C@@H](O)[C@H](O)[C@H]2O)[C@H]1O. The summed E-state index contributed by atoms with van der Waals surface area (Å²) >= 11 is 0. The molecule has 2 saturated heterocycles. The van der Waals surface area contributed by atoms with Gasteiger partial charge in [0.25, 0.3) is 0 Å². The van der Waals surface area contributed by atoms with Gasteiger partial charge in [0.15, 0.2) is 12.4 Å². The van der Waals surface area contributed by atoms with Crippen LogP contribution in [0.25, 0.3) is 0 Å². The molecule has 26 heavy (non-hydrogen) atoms. The Hall–Kier alpha value is -0.930. The molecule has 2 unspecified atom stereocenters. The van der Waals surface area contributed by atoms with Crippen molar-refractivity contribution in [1.29, 1.82) is 0 Å². The Morgan fingerprint density at radius 3 is 2.12 bits per heavy atom. The van der Waals surface area contributed by atoms with Crippen LogP contribution in [0.15, 0.2) is 0 Å². The van der Waals surface area contributed by atoms with E-state index in [1.165, 1.54) is 0 Å². The summed E-state index contributed by atoms with van der Waals surface area (Å²) in [5.41, 5.74) is 0. The van der Waals surface area contributed by atoms with Crippen LogP contribution in [-0.4, -0.2) is 116 Å². The van der Waals surface area contributed by atoms with Gasteiger partial charge in [-0.1, -0.05) is 0 Å². The third-order valence-corrected chi connectivity index (χ3v) is 4.35. The Labute approximate surface area is 148 Å². The lowest BCUT2D eigenvalue weighted by molar-refractivity contribution is -0.383. The second-order valence-corrected chi connectivity index (χ2v) is 6.14. The van der Waals surface area contributed by atoms with Crippen LogP contribution in [0.2, 0.25) is 0 Å². The van der Waals surface area contributed by atoms with E-state index in [0.29, 0.717) is 0 Å². The van der Waals surface area contributed by atoms with Gasteiger partial charge in [-0.25, -0.2) is 0 Å². The van der Waals surface area contributed by atoms with Crippen LogP contribution >= 0.6 is 0 Å². The van der Waals surface area contributed by atoms with E-state index in [9.17, 15) is 40.5 Å². The van der Waals surface area contributed by atoms with Gasteiger partial charge >= 0.3 is 5.97 Å². The van der Waals surface area contributed by atoms with Gasteiger partial charge in [0.1, 0.15) is 43.2 Å². The molecule has 0 saturated carbocycles. The Bertz CT molecular complexity index is 487. The van der Waals surface area contributed by atoms with Crippen molar-refractivity contribution in [2.45, 2.75) is 61.7 Å². The largest absolute Gasteiger partial charge is 0.457 e. The topological polar surface area (TPSA) is 196 Å². The summed E-state index contributed by atoms with van der Waals surface area (Å²) in [6, 6.07) is 0. The highest BCUT2D eigenvalue weighted by atomic mass is 16.8. The second kappa shape index (κ2) is 8.39. The summed E-state index contributed by atoms with van der Waals surface area (Å²) in [4.78, 5) is 11.2. The molecule has 0 bridgehead atoms. The summed E-state index contributed by atoms with van der Waals surface area (Å²) in [5.74, 6) is -3.04. The van der Waals surface area contributed by atoms with Gasteiger partial charge in [-0.2, -0.15) is 0 Å². The van der Waals surface area contributed by atoms with Gasteiger partial charge in [0.05, 0.1) is 13.2 Å². The van der Waals surface area contributed by atoms with E-state index in [0.717, 1.165) is 6.92 Å². The van der Waals surface area contributed by atoms with Crippen LogP contribution in [0.1, 0.15) is 6.92 Å². The lowest BCUT2D eigenvalue weighted by atomic mass is 9.99. The highest BCUT2D eigenvalue weighted by molar-refractivity contribution is 5.66. The van der Waals surface area contributed by atoms with Crippen molar-refractivity contribution in [3.63, 3.8) is 0 Å². The molecule has 0 radical (unpaired) electrons. The fourth-order valence-electron chi connectivity index (χ4n) is 2.95. The number of carbonyl (C=O) groups excluding carboxylic acids is 1. The highest BCUT2D eigenvalue weighted by Crippen LogP contribution is 2.37. The average molecular weight is 384 g/mol. The average Bonchev–Trinajstić information content (AvgIpc) is 2.87. The van der Waals surface area contributed by atoms with E-state index in [-0.39, 0.29) is 0 Å². The minimum absolute atomic E-state index is 0.686. The van der Waals surface area contributed by atoms with E-state index in [2.05, 4.69) is 0 Å². The van der Waals surface area contributed by atoms with Gasteiger partial charge in [-0.15, -0.1) is 0 Å². The highest BCUT2D eigenvalue weighted by Gasteiger charge is 2.60. The molecule has 0 aromatic heterocycles. The van der Waals surface area contributed by atoms with Crippen LogP contribution in [0.5, 0.6) is 0 Å². The maximum absolute atomic E-state index is 11.2. The first kappa shape index (κ1) is 21.4. The van der Waals surface area contributed by atoms with Crippen molar-refractivity contribution in [1.82, 2.24) is 0 Å². The van der Waals surface area contributed by atoms with Gasteiger partial charge in [0.2, 0.25) is 5.79 Å². The molecular formula is C14H24O12. The number of rotatable bonds is 6. The first-order valence-corrected chi connectivity index (χ1v) is 7.94. The summed E-state index contributed by atoms with van der Waals surface area (Å²) in [7, 11) is 0. The third kappa shape index (κ3) is 3.84. The molecular weight excluding hydrogens is 360 g/mol. The van der Waals surface area contributed by atoms with E-state index in [4.69, 9.17) is 18.9 Å². The maximum atomic E-state index is 11.2. The lowest BCUT2D eigenvalue weighted by Crippen LogP contribution is -2.62. The van der Waals surface area contributed by atoms with Crippen molar-refractivity contribution in [3.8, 4) is 0 Å². The van der Waals surface area contributed by atoms with Crippen molar-refractivity contribution in [3.05, 3.63) is 0 Å². The summed E-state index contributed by atoms with van der Waals surface area (Å²) in [6.07, 6.45) is -12.6. The third-order valence-electron chi connectivity index (χ3n) is 4.35. The van der Waals surface area contributed by atoms with E-state index in [1.807, 2.05) is 0 Å². The molecule has 2 rings (SSSR count). The molecule has 0 amide bonds. The van der Waals surface area contributed by atoms with Gasteiger partial charge in [-0.3, -0.25) is 4.79 Å². The van der Waals surface area contributed by atoms with Crippen molar-refractivity contribution < 1.29 is 59.5 Å². The first-order chi connectivity index (χ1) is 12.2. The van der Waals surface area contributed by atoms with Crippen LogP contribution in [0.4, 0.5) is 0 Å². The fraction of sp³-hybridized carbons (Fsp3) is 0.929. The molecule has 9 atom stereocenters. The standard InChI is InChI=1S/C14H24O12/c1-5(18)23-11-7(3-16)25-14(4-17,12(11)22)26-13-10(21)9(20)8(19)6(2-15)24-13/h6-13,15-17,19-22H,2-4H2,1H3/t6-,7-,8-,9+,10-,11-,12+,13?,14?/m1/s1. The molecule has 2 aliphatic rings. The normalized spacial score (nSPS) is 46.3. The molecule has 12 heteroatoms. The summed E-state index contributed by atoms with van der Waals surface area (Å²) < 4.78 is 20.7. The van der Waals surface area contributed by atoms with E-state index >= 15 is 0 Å². The zero-order chi connectivity index (χ0) is 19.6. The van der Waals surface area contributed by atoms with Crippen LogP contribution in [0.3, 0.4) is 0 Å². The summed E-state index contributed by atoms with van der Waals surface area (Å²) in [5, 5.41) is 68.2. The van der Waals surface area contributed by atoms with Crippen molar-refractivity contribution in [2.24, 2.45) is 0 Å². The van der Waals surface area contributed by atoms with E-state index < -0.39 is 80.6 Å². The summed E-state index contributed by atoms with van der Waals surface area (Å²) in [6.45, 7) is -1.32. The zero-order valence-corrected chi connectivity index (χ0v) is 13.9. The lowest BCUT2D eigenvalue weighted by Gasteiger charge is -2.43. The van der Waals surface area contributed by atoms with Gasteiger partial charge in [-0.05, 0) is 0 Å². The molecule has 0 aromatic rings. The first-order valence-electron chi connectivity index (χ1n) is 7.94. The molecule has 152 valence electrons. The maximum Gasteiger partial charge on any atom is 0.303 e. The molecule has 2 aliphatic heterocycles. The second-order valence-electron chi connectivity index (χ2n) is 6.14. The van der Waals surface area contributed by atoms with Crippen LogP contribution in [0, 0.1) is 0 Å². The van der Waals surface area contributed by atoms with Crippen molar-refractivity contribution >= 4 is 5.97 Å². The molecule has 7 N–H and O–H groups in total. The number of aliphatic hydroxyl groups excluding tert-OH is 7. The quantitative estimate of drug-likeness (QED) is 0.216. The number of ether oxygens (including phenoxy) is 4. The molecule has 2 heterocycles. The minimum Gasteiger partial charge on any atom is -0.457 e. The Morgan fingerprint density at radius 2 is 1.62 bits per heavy atom. The van der Waals surface area contributed by atoms with Gasteiger partial charge < -0.3 is 54.7 Å². The molecule has 2 fully saturated rings. The minimum atomic E-state index is -2.26. The van der Waals surface area contributed by atoms with Crippen molar-refractivity contribution in [2.75, 3.05) is 19.8 Å². The Balaban J connectivity index is 2.22. The number of aliphatic hydroxyl groups is 7. The molecule has 0 aromatic carbocycles. The molecule has 0 aliphatic carbocycles. The fourth-order valence-corrected chi connectivity index (χ4v) is 2.95. The smallest absolute Gasteiger partial charge is 0.303 e. The number of esters is 1. The number of carbonyl (C=O) groups is 1. The predicted octanol–water partition coefficient (Wildman–Crippen LogP) is -4.82. The van der Waals surface area contributed by atoms with Crippen LogP contribution < -0.4 is 0 Å². The van der Waals surface area contributed by atoms with Gasteiger partial charge in [0, 0.05) is 6.92 Å². The zero-order valence-electron chi connectivity index (χ0n) is 13.9.